The van der Waals surface area contributed by atoms with E-state index in [1.807, 2.05) is 25.1 Å². The first-order chi connectivity index (χ1) is 9.06. The van der Waals surface area contributed by atoms with E-state index in [0.29, 0.717) is 19.6 Å². The van der Waals surface area contributed by atoms with E-state index >= 15 is 0 Å². The lowest BCUT2D eigenvalue weighted by Gasteiger charge is -2.14. The van der Waals surface area contributed by atoms with Crippen molar-refractivity contribution in [3.63, 3.8) is 0 Å². The van der Waals surface area contributed by atoms with Gasteiger partial charge in [0.15, 0.2) is 0 Å². The zero-order chi connectivity index (χ0) is 14.3. The zero-order valence-electron chi connectivity index (χ0n) is 12.1. The Hall–Kier alpha value is -1.55. The Morgan fingerprint density at radius 1 is 1.37 bits per heavy atom. The quantitative estimate of drug-likeness (QED) is 0.763. The average Bonchev–Trinajstić information content (AvgIpc) is 2.37. The molecule has 19 heavy (non-hydrogen) atoms. The van der Waals surface area contributed by atoms with Crippen molar-refractivity contribution in [2.24, 2.45) is 5.73 Å². The molecule has 0 heterocycles. The summed E-state index contributed by atoms with van der Waals surface area (Å²) in [6.07, 6.45) is 2.06. The number of amides is 1. The maximum absolute atomic E-state index is 11.4. The van der Waals surface area contributed by atoms with Gasteiger partial charge >= 0.3 is 0 Å². The van der Waals surface area contributed by atoms with Crippen LogP contribution in [0.3, 0.4) is 0 Å². The molecule has 0 saturated heterocycles. The summed E-state index contributed by atoms with van der Waals surface area (Å²) >= 11 is 0. The van der Waals surface area contributed by atoms with E-state index in [0.717, 1.165) is 29.7 Å². The number of para-hydroxylation sites is 1. The fraction of sp³-hybridized carbons (Fsp3) is 0.533. The van der Waals surface area contributed by atoms with Gasteiger partial charge in [-0.2, -0.15) is 0 Å². The molecule has 0 unspecified atom stereocenters. The molecule has 1 rings (SSSR count). The van der Waals surface area contributed by atoms with Gasteiger partial charge < -0.3 is 15.4 Å². The number of carbonyl (C=O) groups excluding carboxylic acids is 1. The van der Waals surface area contributed by atoms with Crippen LogP contribution in [0.15, 0.2) is 18.2 Å². The third kappa shape index (κ3) is 4.91. The summed E-state index contributed by atoms with van der Waals surface area (Å²) in [5.41, 5.74) is 7.86. The highest BCUT2D eigenvalue weighted by Crippen LogP contribution is 2.23. The minimum atomic E-state index is 0.135. The van der Waals surface area contributed by atoms with Crippen molar-refractivity contribution in [3.8, 4) is 5.75 Å². The number of rotatable bonds is 7. The molecule has 0 saturated carbocycles. The van der Waals surface area contributed by atoms with Gasteiger partial charge in [0.2, 0.25) is 5.91 Å². The molecule has 0 radical (unpaired) electrons. The second-order valence-electron chi connectivity index (χ2n) is 4.84. The molecule has 4 heteroatoms. The van der Waals surface area contributed by atoms with Gasteiger partial charge in [-0.25, -0.2) is 0 Å². The van der Waals surface area contributed by atoms with Crippen LogP contribution >= 0.6 is 0 Å². The highest BCUT2D eigenvalue weighted by Gasteiger charge is 2.07. The number of nitrogens with two attached hydrogens (primary N) is 1. The van der Waals surface area contributed by atoms with Gasteiger partial charge in [-0.3, -0.25) is 4.79 Å². The molecule has 1 aromatic carbocycles. The van der Waals surface area contributed by atoms with Crippen molar-refractivity contribution < 1.29 is 9.53 Å². The molecule has 1 amide bonds. The van der Waals surface area contributed by atoms with Crippen LogP contribution in [0.1, 0.15) is 24.0 Å². The highest BCUT2D eigenvalue weighted by atomic mass is 16.5. The lowest BCUT2D eigenvalue weighted by Crippen LogP contribution is -2.21. The Bertz CT molecular complexity index is 417. The van der Waals surface area contributed by atoms with E-state index in [1.165, 1.54) is 0 Å². The molecule has 0 aliphatic carbocycles. The summed E-state index contributed by atoms with van der Waals surface area (Å²) in [6, 6.07) is 6.09. The van der Waals surface area contributed by atoms with Crippen molar-refractivity contribution in [1.29, 1.82) is 0 Å². The van der Waals surface area contributed by atoms with E-state index in [9.17, 15) is 4.79 Å². The van der Waals surface area contributed by atoms with Gasteiger partial charge in [0.1, 0.15) is 5.75 Å². The Kier molecular flexibility index (Phi) is 6.36. The number of ether oxygens (including phenoxy) is 1. The summed E-state index contributed by atoms with van der Waals surface area (Å²) in [6.45, 7) is 3.20. The lowest BCUT2D eigenvalue weighted by atomic mass is 10.1. The molecule has 4 nitrogen and oxygen atoms in total. The minimum absolute atomic E-state index is 0.135. The molecule has 0 spiro atoms. The van der Waals surface area contributed by atoms with Gasteiger partial charge in [-0.15, -0.1) is 0 Å². The maximum atomic E-state index is 11.4. The van der Waals surface area contributed by atoms with Crippen LogP contribution in [0.2, 0.25) is 0 Å². The first-order valence-corrected chi connectivity index (χ1v) is 6.67. The molecule has 0 aliphatic rings. The monoisotopic (exact) mass is 264 g/mol. The second kappa shape index (κ2) is 7.79. The number of aryl methyl sites for hydroxylation is 1. The van der Waals surface area contributed by atoms with Crippen molar-refractivity contribution in [3.05, 3.63) is 29.3 Å². The molecule has 0 bridgehead atoms. The molecule has 106 valence electrons. The van der Waals surface area contributed by atoms with E-state index in [-0.39, 0.29) is 5.91 Å². The summed E-state index contributed by atoms with van der Waals surface area (Å²) in [4.78, 5) is 13.0. The van der Waals surface area contributed by atoms with Gasteiger partial charge in [-0.05, 0) is 37.4 Å². The van der Waals surface area contributed by atoms with Gasteiger partial charge in [-0.1, -0.05) is 18.2 Å². The first-order valence-electron chi connectivity index (χ1n) is 6.67. The van der Waals surface area contributed by atoms with Crippen LogP contribution in [0, 0.1) is 6.92 Å². The van der Waals surface area contributed by atoms with Crippen molar-refractivity contribution in [1.82, 2.24) is 4.90 Å². The van der Waals surface area contributed by atoms with E-state index in [2.05, 4.69) is 0 Å². The maximum Gasteiger partial charge on any atom is 0.222 e. The van der Waals surface area contributed by atoms with Gasteiger partial charge in [0.25, 0.3) is 0 Å². The normalized spacial score (nSPS) is 10.3. The smallest absolute Gasteiger partial charge is 0.222 e. The summed E-state index contributed by atoms with van der Waals surface area (Å²) < 4.78 is 5.82. The lowest BCUT2D eigenvalue weighted by molar-refractivity contribution is -0.128. The fourth-order valence-electron chi connectivity index (χ4n) is 1.89. The number of benzene rings is 1. The molecule has 2 N–H and O–H groups in total. The Morgan fingerprint density at radius 2 is 2.11 bits per heavy atom. The number of hydrogen-bond acceptors (Lipinski definition) is 3. The van der Waals surface area contributed by atoms with Crippen LogP contribution in [-0.4, -0.2) is 38.1 Å². The zero-order valence-corrected chi connectivity index (χ0v) is 12.1. The molecule has 0 aromatic heterocycles. The first kappa shape index (κ1) is 15.5. The molecular formula is C15H24N2O2. The predicted molar refractivity (Wildman–Crippen MR) is 77.4 cm³/mol. The predicted octanol–water partition coefficient (Wildman–Crippen LogP) is 1.74. The number of carbonyl (C=O) groups is 1. The Labute approximate surface area is 115 Å². The summed E-state index contributed by atoms with van der Waals surface area (Å²) in [5.74, 6) is 1.06. The standard InChI is InChI=1S/C15H24N2O2/c1-12-6-4-7-13(9-10-16)15(12)19-11-5-8-14(18)17(2)3/h4,6-7H,5,8-11,16H2,1-3H3. The third-order valence-electron chi connectivity index (χ3n) is 2.99. The van der Waals surface area contributed by atoms with E-state index < -0.39 is 0 Å². The highest BCUT2D eigenvalue weighted by molar-refractivity contribution is 5.75. The van der Waals surface area contributed by atoms with Crippen molar-refractivity contribution in [2.45, 2.75) is 26.2 Å². The largest absolute Gasteiger partial charge is 0.493 e. The van der Waals surface area contributed by atoms with E-state index in [1.54, 1.807) is 19.0 Å². The minimum Gasteiger partial charge on any atom is -0.493 e. The number of hydrogen-bond donors (Lipinski definition) is 1. The molecule has 0 fully saturated rings. The van der Waals surface area contributed by atoms with Crippen molar-refractivity contribution in [2.75, 3.05) is 27.2 Å². The summed E-state index contributed by atoms with van der Waals surface area (Å²) in [5, 5.41) is 0. The topological polar surface area (TPSA) is 55.6 Å². The third-order valence-corrected chi connectivity index (χ3v) is 2.99. The van der Waals surface area contributed by atoms with Crippen LogP contribution in [0.25, 0.3) is 0 Å². The van der Waals surface area contributed by atoms with Gasteiger partial charge in [0, 0.05) is 20.5 Å². The molecular weight excluding hydrogens is 240 g/mol. The van der Waals surface area contributed by atoms with Crippen LogP contribution in [0.5, 0.6) is 5.75 Å². The molecule has 0 aliphatic heterocycles. The fourth-order valence-corrected chi connectivity index (χ4v) is 1.89. The van der Waals surface area contributed by atoms with E-state index in [4.69, 9.17) is 10.5 Å². The SMILES string of the molecule is Cc1cccc(CCN)c1OCCCC(=O)N(C)C. The van der Waals surface area contributed by atoms with Crippen molar-refractivity contribution >= 4 is 5.91 Å². The number of nitrogens with zero attached hydrogens (tertiary/aromatic N) is 1. The average molecular weight is 264 g/mol. The molecule has 0 atom stereocenters. The summed E-state index contributed by atoms with van der Waals surface area (Å²) in [7, 11) is 3.54. The Morgan fingerprint density at radius 3 is 2.74 bits per heavy atom. The van der Waals surface area contributed by atoms with Gasteiger partial charge in [0.05, 0.1) is 6.61 Å². The van der Waals surface area contributed by atoms with Crippen LogP contribution in [-0.2, 0) is 11.2 Å². The van der Waals surface area contributed by atoms with Crippen LogP contribution < -0.4 is 10.5 Å². The molecule has 1 aromatic rings. The second-order valence-corrected chi connectivity index (χ2v) is 4.84. The Balaban J connectivity index is 2.51. The van der Waals surface area contributed by atoms with Crippen LogP contribution in [0.4, 0.5) is 0 Å².